The van der Waals surface area contributed by atoms with Gasteiger partial charge in [-0.05, 0) is 30.5 Å². The number of carbonyl (C=O) groups is 2. The highest BCUT2D eigenvalue weighted by Gasteiger charge is 2.26. The first-order valence-corrected chi connectivity index (χ1v) is 7.15. The topological polar surface area (TPSA) is 43.4 Å². The molecule has 0 unspecified atom stereocenters. The van der Waals surface area contributed by atoms with Crippen LogP contribution in [0, 0.1) is 0 Å². The molecule has 0 saturated carbocycles. The summed E-state index contributed by atoms with van der Waals surface area (Å²) in [5, 5.41) is 0. The van der Waals surface area contributed by atoms with Crippen molar-refractivity contribution in [2.24, 2.45) is 0 Å². The van der Waals surface area contributed by atoms with Crippen molar-refractivity contribution < 1.29 is 14.3 Å². The van der Waals surface area contributed by atoms with Gasteiger partial charge < -0.3 is 4.74 Å². The molecular weight excluding hydrogens is 260 g/mol. The fourth-order valence-corrected chi connectivity index (χ4v) is 3.37. The standard InChI is InChI=1S/C15H18O3S/c1-15(2)7-6-11-8-10(4-5-13(11)19-15)12(16)9-14(17)18-3/h4-5,8H,6-7,9H2,1-3H3. The number of methoxy groups -OCH3 is 1. The lowest BCUT2D eigenvalue weighted by Crippen LogP contribution is -2.20. The van der Waals surface area contributed by atoms with Crippen molar-refractivity contribution in [3.63, 3.8) is 0 Å². The van der Waals surface area contributed by atoms with Gasteiger partial charge in [0.2, 0.25) is 0 Å². The van der Waals surface area contributed by atoms with Gasteiger partial charge in [0.25, 0.3) is 0 Å². The molecule has 1 aliphatic rings. The fraction of sp³-hybridized carbons (Fsp3) is 0.467. The Morgan fingerprint density at radius 2 is 2.11 bits per heavy atom. The van der Waals surface area contributed by atoms with E-state index in [2.05, 4.69) is 18.6 Å². The predicted molar refractivity (Wildman–Crippen MR) is 75.7 cm³/mol. The van der Waals surface area contributed by atoms with E-state index in [0.717, 1.165) is 12.8 Å². The zero-order chi connectivity index (χ0) is 14.0. The minimum Gasteiger partial charge on any atom is -0.469 e. The molecule has 0 amide bonds. The largest absolute Gasteiger partial charge is 0.469 e. The molecule has 4 heteroatoms. The molecule has 0 atom stereocenters. The summed E-state index contributed by atoms with van der Waals surface area (Å²) < 4.78 is 4.77. The fourth-order valence-electron chi connectivity index (χ4n) is 2.14. The van der Waals surface area contributed by atoms with Crippen LogP contribution in [0.1, 0.15) is 42.6 Å². The SMILES string of the molecule is COC(=O)CC(=O)c1ccc2c(c1)CCC(C)(C)S2. The van der Waals surface area contributed by atoms with Crippen LogP contribution in [-0.2, 0) is 16.0 Å². The molecule has 0 N–H and O–H groups in total. The molecule has 102 valence electrons. The molecule has 1 aromatic rings. The van der Waals surface area contributed by atoms with Gasteiger partial charge in [-0.2, -0.15) is 0 Å². The molecular formula is C15H18O3S. The third kappa shape index (κ3) is 3.38. The van der Waals surface area contributed by atoms with E-state index in [1.165, 1.54) is 17.6 Å². The van der Waals surface area contributed by atoms with Crippen molar-refractivity contribution in [1.29, 1.82) is 0 Å². The van der Waals surface area contributed by atoms with E-state index >= 15 is 0 Å². The second kappa shape index (κ2) is 5.37. The van der Waals surface area contributed by atoms with Crippen molar-refractivity contribution in [2.75, 3.05) is 7.11 Å². The van der Waals surface area contributed by atoms with Gasteiger partial charge in [0.15, 0.2) is 5.78 Å². The van der Waals surface area contributed by atoms with Crippen LogP contribution in [0.4, 0.5) is 0 Å². The molecule has 1 aromatic carbocycles. The highest BCUT2D eigenvalue weighted by molar-refractivity contribution is 8.00. The average Bonchev–Trinajstić information content (AvgIpc) is 2.36. The second-order valence-electron chi connectivity index (χ2n) is 5.36. The van der Waals surface area contributed by atoms with Gasteiger partial charge in [0.05, 0.1) is 7.11 Å². The lowest BCUT2D eigenvalue weighted by Gasteiger charge is -2.30. The van der Waals surface area contributed by atoms with Gasteiger partial charge in [-0.3, -0.25) is 9.59 Å². The number of thioether (sulfide) groups is 1. The van der Waals surface area contributed by atoms with Gasteiger partial charge in [-0.15, -0.1) is 11.8 Å². The summed E-state index contributed by atoms with van der Waals surface area (Å²) in [4.78, 5) is 24.3. The summed E-state index contributed by atoms with van der Waals surface area (Å²) in [6, 6.07) is 5.72. The molecule has 0 fully saturated rings. The Morgan fingerprint density at radius 3 is 2.79 bits per heavy atom. The van der Waals surface area contributed by atoms with Gasteiger partial charge >= 0.3 is 5.97 Å². The van der Waals surface area contributed by atoms with E-state index in [1.807, 2.05) is 23.9 Å². The Kier molecular flexibility index (Phi) is 3.99. The molecule has 0 bridgehead atoms. The molecule has 2 rings (SSSR count). The number of ether oxygens (including phenoxy) is 1. The first kappa shape index (κ1) is 14.1. The summed E-state index contributed by atoms with van der Waals surface area (Å²) in [6.07, 6.45) is 1.89. The number of Topliss-reactive ketones (excluding diaryl/α,β-unsaturated/α-hetero) is 1. The van der Waals surface area contributed by atoms with Crippen LogP contribution < -0.4 is 0 Å². The maximum Gasteiger partial charge on any atom is 0.313 e. The Labute approximate surface area is 117 Å². The summed E-state index contributed by atoms with van der Waals surface area (Å²) in [5.41, 5.74) is 1.81. The number of hydrogen-bond acceptors (Lipinski definition) is 4. The lowest BCUT2D eigenvalue weighted by atomic mass is 9.98. The molecule has 0 saturated heterocycles. The van der Waals surface area contributed by atoms with Gasteiger partial charge in [-0.25, -0.2) is 0 Å². The molecule has 1 aliphatic heterocycles. The minimum atomic E-state index is -0.488. The first-order valence-electron chi connectivity index (χ1n) is 6.33. The smallest absolute Gasteiger partial charge is 0.313 e. The highest BCUT2D eigenvalue weighted by Crippen LogP contribution is 2.42. The number of fused-ring (bicyclic) bond motifs is 1. The van der Waals surface area contributed by atoms with Gasteiger partial charge in [0.1, 0.15) is 6.42 Å². The van der Waals surface area contributed by atoms with Crippen LogP contribution in [0.25, 0.3) is 0 Å². The van der Waals surface area contributed by atoms with Crippen molar-refractivity contribution in [3.8, 4) is 0 Å². The van der Waals surface area contributed by atoms with Crippen LogP contribution in [0.3, 0.4) is 0 Å². The summed E-state index contributed by atoms with van der Waals surface area (Å²) >= 11 is 1.85. The first-order chi connectivity index (χ1) is 8.91. The number of benzene rings is 1. The molecule has 3 nitrogen and oxygen atoms in total. The van der Waals surface area contributed by atoms with Crippen molar-refractivity contribution in [2.45, 2.75) is 42.8 Å². The van der Waals surface area contributed by atoms with Crippen molar-refractivity contribution in [3.05, 3.63) is 29.3 Å². The maximum absolute atomic E-state index is 11.9. The van der Waals surface area contributed by atoms with Crippen LogP contribution in [-0.4, -0.2) is 23.6 Å². The Hall–Kier alpha value is -1.29. The normalized spacial score (nSPS) is 16.6. The highest BCUT2D eigenvalue weighted by atomic mass is 32.2. The van der Waals surface area contributed by atoms with E-state index in [9.17, 15) is 9.59 Å². The zero-order valence-corrected chi connectivity index (χ0v) is 12.3. The number of esters is 1. The Balaban J connectivity index is 2.18. The lowest BCUT2D eigenvalue weighted by molar-refractivity contribution is -0.139. The molecule has 0 aromatic heterocycles. The van der Waals surface area contributed by atoms with E-state index in [0.29, 0.717) is 5.56 Å². The number of hydrogen-bond donors (Lipinski definition) is 0. The van der Waals surface area contributed by atoms with E-state index in [4.69, 9.17) is 0 Å². The quantitative estimate of drug-likeness (QED) is 0.483. The Morgan fingerprint density at radius 1 is 1.37 bits per heavy atom. The van der Waals surface area contributed by atoms with E-state index in [1.54, 1.807) is 6.07 Å². The molecule has 1 heterocycles. The van der Waals surface area contributed by atoms with E-state index in [-0.39, 0.29) is 17.0 Å². The van der Waals surface area contributed by atoms with Crippen molar-refractivity contribution in [1.82, 2.24) is 0 Å². The van der Waals surface area contributed by atoms with Crippen molar-refractivity contribution >= 4 is 23.5 Å². The monoisotopic (exact) mass is 278 g/mol. The Bertz CT molecular complexity index is 520. The number of aryl methyl sites for hydroxylation is 1. The van der Waals surface area contributed by atoms with Crippen LogP contribution in [0.2, 0.25) is 0 Å². The average molecular weight is 278 g/mol. The summed E-state index contributed by atoms with van der Waals surface area (Å²) in [7, 11) is 1.29. The van der Waals surface area contributed by atoms with Gasteiger partial charge in [-0.1, -0.05) is 19.9 Å². The van der Waals surface area contributed by atoms with Gasteiger partial charge in [0, 0.05) is 15.2 Å². The molecule has 19 heavy (non-hydrogen) atoms. The number of rotatable bonds is 3. The van der Waals surface area contributed by atoms with Crippen LogP contribution >= 0.6 is 11.8 Å². The summed E-state index contributed by atoms with van der Waals surface area (Å²) in [5.74, 6) is -0.664. The third-order valence-corrected chi connectivity index (χ3v) is 4.67. The van der Waals surface area contributed by atoms with Crippen LogP contribution in [0.15, 0.2) is 23.1 Å². The number of ketones is 1. The maximum atomic E-state index is 11.9. The summed E-state index contributed by atoms with van der Waals surface area (Å²) in [6.45, 7) is 4.47. The zero-order valence-electron chi connectivity index (χ0n) is 11.5. The third-order valence-electron chi connectivity index (χ3n) is 3.30. The second-order valence-corrected chi connectivity index (χ2v) is 7.11. The molecule has 0 radical (unpaired) electrons. The minimum absolute atomic E-state index is 0.176. The van der Waals surface area contributed by atoms with E-state index < -0.39 is 5.97 Å². The number of carbonyl (C=O) groups excluding carboxylic acids is 2. The molecule has 0 aliphatic carbocycles. The van der Waals surface area contributed by atoms with Crippen LogP contribution in [0.5, 0.6) is 0 Å². The predicted octanol–water partition coefficient (Wildman–Crippen LogP) is 3.25. The molecule has 0 spiro atoms.